The summed E-state index contributed by atoms with van der Waals surface area (Å²) < 4.78 is 34.8. The van der Waals surface area contributed by atoms with Crippen LogP contribution in [0.2, 0.25) is 5.02 Å². The maximum Gasteiger partial charge on any atom is 0.349 e. The van der Waals surface area contributed by atoms with Crippen LogP contribution in [-0.4, -0.2) is 123 Å². The number of hydrogen-bond acceptors (Lipinski definition) is 13. The lowest BCUT2D eigenvalue weighted by Gasteiger charge is -2.54. The summed E-state index contributed by atoms with van der Waals surface area (Å²) in [5, 5.41) is 30.0. The van der Waals surface area contributed by atoms with Gasteiger partial charge in [-0.25, -0.2) is 18.0 Å². The molecule has 5 aromatic rings. The van der Waals surface area contributed by atoms with Gasteiger partial charge < -0.3 is 51.1 Å². The van der Waals surface area contributed by atoms with E-state index in [9.17, 15) is 37.5 Å². The summed E-state index contributed by atoms with van der Waals surface area (Å²) in [6, 6.07) is 25.1. The third-order valence-corrected chi connectivity index (χ3v) is 16.3. The van der Waals surface area contributed by atoms with Gasteiger partial charge in [0.1, 0.15) is 18.1 Å². The number of carbonyl (C=O) groups is 6. The van der Waals surface area contributed by atoms with Crippen LogP contribution in [0.3, 0.4) is 0 Å². The molecule has 1 saturated carbocycles. The van der Waals surface area contributed by atoms with Crippen LogP contribution < -0.4 is 26.4 Å². The van der Waals surface area contributed by atoms with Crippen molar-refractivity contribution >= 4 is 91.9 Å². The van der Waals surface area contributed by atoms with Gasteiger partial charge in [-0.3, -0.25) is 9.59 Å². The molecule has 1 aliphatic carbocycles. The molecule has 2 amide bonds. The van der Waals surface area contributed by atoms with Crippen LogP contribution in [-0.2, 0) is 35.0 Å². The normalized spacial score (nSPS) is 17.2. The van der Waals surface area contributed by atoms with E-state index in [1.807, 2.05) is 73.5 Å². The van der Waals surface area contributed by atoms with E-state index in [-0.39, 0.29) is 70.1 Å². The highest BCUT2D eigenvalue weighted by Gasteiger charge is 2.51. The summed E-state index contributed by atoms with van der Waals surface area (Å²) in [5.74, 6) is -3.37. The van der Waals surface area contributed by atoms with Crippen LogP contribution in [0.5, 0.6) is 5.75 Å². The lowest BCUT2D eigenvalue weighted by molar-refractivity contribution is -0.139. The summed E-state index contributed by atoms with van der Waals surface area (Å²) in [4.78, 5) is 70.2. The molecule has 3 aliphatic rings. The molecular weight excluding hydrogens is 960 g/mol. The minimum Gasteiger partial charge on any atom is -0.479 e. The first-order valence-electron chi connectivity index (χ1n) is 22.7. The minimum atomic E-state index is -3.65. The maximum atomic E-state index is 13.9. The lowest BCUT2D eigenvalue weighted by Crippen LogP contribution is -2.64. The number of hydrogen-bond donors (Lipinski definition) is 6. The van der Waals surface area contributed by atoms with Crippen molar-refractivity contribution in [3.05, 3.63) is 112 Å². The summed E-state index contributed by atoms with van der Waals surface area (Å²) in [7, 11) is -0.549. The number of carboxylic acids is 2. The number of sulfonamides is 1. The molecule has 17 nitrogen and oxygen atoms in total. The number of benzene rings is 4. The lowest BCUT2D eigenvalue weighted by atomic mass is 9.79. The topological polar surface area (TPSA) is 255 Å². The predicted octanol–water partition coefficient (Wildman–Crippen LogP) is 6.85. The van der Waals surface area contributed by atoms with E-state index >= 15 is 0 Å². The SMILES string of the molecule is C=O.CNC(=O)CCC(C=O)N(C)C(=O)c1cccc2c(C(CCN)CCNc3cccc(CS(=O)(=O)N4C5CC(Nc6cccc(-c7sc(C(=O)O)c(OCC(=O)O)c7Cl)c6)CC4C5)c3)cccc12. The number of nitrogens with one attached hydrogen (secondary N) is 3. The number of thiophene rings is 1. The number of aromatic carboxylic acids is 1. The van der Waals surface area contributed by atoms with E-state index in [0.717, 1.165) is 45.5 Å². The molecule has 2 saturated heterocycles. The van der Waals surface area contributed by atoms with Gasteiger partial charge in [-0.2, -0.15) is 4.31 Å². The average Bonchev–Trinajstić information content (AvgIpc) is 3.68. The third-order valence-electron chi connectivity index (χ3n) is 12.7. The molecule has 4 unspecified atom stereocenters. The Hall–Kier alpha value is -6.38. The zero-order chi connectivity index (χ0) is 50.7. The van der Waals surface area contributed by atoms with Crippen molar-refractivity contribution in [3.8, 4) is 16.2 Å². The number of fused-ring (bicyclic) bond motifs is 3. The highest BCUT2D eigenvalue weighted by Crippen LogP contribution is 2.47. The van der Waals surface area contributed by atoms with Gasteiger partial charge in [-0.1, -0.05) is 66.2 Å². The first-order chi connectivity index (χ1) is 33.6. The molecule has 3 heterocycles. The monoisotopic (exact) mass is 1020 g/mol. The number of aldehydes is 1. The van der Waals surface area contributed by atoms with E-state index in [2.05, 4.69) is 16.0 Å². The Morgan fingerprint density at radius 3 is 2.31 bits per heavy atom. The highest BCUT2D eigenvalue weighted by molar-refractivity contribution is 7.88. The van der Waals surface area contributed by atoms with Crippen LogP contribution in [0.4, 0.5) is 11.4 Å². The smallest absolute Gasteiger partial charge is 0.349 e. The van der Waals surface area contributed by atoms with Gasteiger partial charge in [0.25, 0.3) is 5.91 Å². The number of piperidine rings is 1. The number of amides is 2. The van der Waals surface area contributed by atoms with Crippen molar-refractivity contribution in [2.45, 2.75) is 80.8 Å². The fourth-order valence-corrected chi connectivity index (χ4v) is 12.9. The molecule has 3 fully saturated rings. The number of ether oxygens (including phenoxy) is 1. The predicted molar refractivity (Wildman–Crippen MR) is 270 cm³/mol. The minimum absolute atomic E-state index is 0.00696. The number of nitrogens with zero attached hydrogens (tertiary/aromatic N) is 2. The molecular formula is C50H57ClN6O11S2. The molecule has 4 atom stereocenters. The van der Waals surface area contributed by atoms with Crippen molar-refractivity contribution < 1.29 is 52.1 Å². The van der Waals surface area contributed by atoms with Crippen LogP contribution >= 0.6 is 22.9 Å². The summed E-state index contributed by atoms with van der Waals surface area (Å²) in [6.45, 7) is 2.28. The van der Waals surface area contributed by atoms with Gasteiger partial charge in [0.15, 0.2) is 17.2 Å². The number of likely N-dealkylation sites (N-methyl/N-ethyl adjacent to an activating group) is 1. The van der Waals surface area contributed by atoms with Crippen molar-refractivity contribution in [3.63, 3.8) is 0 Å². The molecule has 372 valence electrons. The molecule has 8 rings (SSSR count). The highest BCUT2D eigenvalue weighted by atomic mass is 35.5. The second-order valence-corrected chi connectivity index (χ2v) is 20.5. The van der Waals surface area contributed by atoms with Gasteiger partial charge in [-0.15, -0.1) is 11.3 Å². The Kier molecular flexibility index (Phi) is 18.1. The molecule has 2 bridgehead atoms. The quantitative estimate of drug-likeness (QED) is 0.0366. The molecule has 7 N–H and O–H groups in total. The van der Waals surface area contributed by atoms with E-state index in [1.165, 1.54) is 11.9 Å². The van der Waals surface area contributed by atoms with Crippen LogP contribution in [0.25, 0.3) is 21.2 Å². The van der Waals surface area contributed by atoms with Gasteiger partial charge in [-0.05, 0) is 109 Å². The Bertz CT molecular complexity index is 2810. The third kappa shape index (κ3) is 12.3. The van der Waals surface area contributed by atoms with Gasteiger partial charge >= 0.3 is 11.9 Å². The van der Waals surface area contributed by atoms with Crippen LogP contribution in [0.1, 0.15) is 82.0 Å². The number of rotatable bonds is 23. The van der Waals surface area contributed by atoms with Gasteiger partial charge in [0.2, 0.25) is 15.9 Å². The molecule has 70 heavy (non-hydrogen) atoms. The number of nitrogens with two attached hydrogens (primary N) is 1. The van der Waals surface area contributed by atoms with Crippen molar-refractivity contribution in [1.82, 2.24) is 14.5 Å². The first kappa shape index (κ1) is 53.0. The molecule has 0 spiro atoms. The van der Waals surface area contributed by atoms with Crippen molar-refractivity contribution in [1.29, 1.82) is 0 Å². The number of carboxylic acid groups (broad SMARTS) is 2. The van der Waals surface area contributed by atoms with E-state index < -0.39 is 34.6 Å². The largest absolute Gasteiger partial charge is 0.479 e. The van der Waals surface area contributed by atoms with Gasteiger partial charge in [0, 0.05) is 62.1 Å². The zero-order valence-electron chi connectivity index (χ0n) is 38.8. The molecule has 2 aliphatic heterocycles. The Morgan fingerprint density at radius 2 is 1.63 bits per heavy atom. The van der Waals surface area contributed by atoms with Crippen LogP contribution in [0, 0.1) is 0 Å². The molecule has 4 aromatic carbocycles. The summed E-state index contributed by atoms with van der Waals surface area (Å²) in [6.07, 6.45) is 4.40. The number of aliphatic carboxylic acids is 1. The number of carbonyl (C=O) groups excluding carboxylic acids is 4. The molecule has 1 aromatic heterocycles. The van der Waals surface area contributed by atoms with Gasteiger partial charge in [0.05, 0.1) is 16.7 Å². The Morgan fingerprint density at radius 1 is 0.943 bits per heavy atom. The standard InChI is InChI=1S/C49H55ClN6O10S2.CH2O/c1-52-42(58)16-15-35(26-57)55(2)48(61)41-14-6-12-39-38(11-5-13-40(39)41)30(17-19-51)18-20-53-32-9-3-7-29(21-32)28-68(64,65)56-36-23-34(24-37(56)25-36)54-33-10-4-8-31(22-33)46-44(50)45(66-27-43(59)60)47(67-46)49(62)63;1-2/h3-14,21-22,26,30,34-37,53-54H,15-20,23-25,27-28,51H2,1-2H3,(H,52,58)(H,59,60)(H,62,63);1H2. The van der Waals surface area contributed by atoms with Crippen molar-refractivity contribution in [2.75, 3.05) is 44.4 Å². The fourth-order valence-electron chi connectivity index (χ4n) is 9.46. The Labute approximate surface area is 415 Å². The van der Waals surface area contributed by atoms with E-state index in [1.54, 1.807) is 29.6 Å². The van der Waals surface area contributed by atoms with E-state index in [0.29, 0.717) is 66.6 Å². The second kappa shape index (κ2) is 24.0. The van der Waals surface area contributed by atoms with E-state index in [4.69, 9.17) is 32.0 Å². The summed E-state index contributed by atoms with van der Waals surface area (Å²) >= 11 is 7.42. The number of halogens is 1. The average molecular weight is 1020 g/mol. The number of anilines is 2. The molecule has 0 radical (unpaired) electrons. The second-order valence-electron chi connectivity index (χ2n) is 17.2. The van der Waals surface area contributed by atoms with Crippen molar-refractivity contribution in [2.24, 2.45) is 5.73 Å². The maximum absolute atomic E-state index is 13.9. The molecule has 20 heteroatoms. The zero-order valence-corrected chi connectivity index (χ0v) is 41.2. The fraction of sp³-hybridized carbons (Fsp3) is 0.360. The van der Waals surface area contributed by atoms with Crippen LogP contribution in [0.15, 0.2) is 84.9 Å². The first-order valence-corrected chi connectivity index (χ1v) is 25.5. The summed E-state index contributed by atoms with van der Waals surface area (Å²) in [5.41, 5.74) is 10.5. The Balaban J connectivity index is 0.00000397.